The molecule has 2 aromatic carbocycles. The second-order valence-electron chi connectivity index (χ2n) is 8.40. The number of thiocarbonyl (C=S) groups is 1. The molecule has 0 N–H and O–H groups in total. The molecule has 1 aliphatic heterocycles. The number of carboxylic acids is 1. The predicted molar refractivity (Wildman–Crippen MR) is 147 cm³/mol. The Morgan fingerprint density at radius 2 is 1.72 bits per heavy atom. The normalized spacial score (nSPS) is 10.9. The summed E-state index contributed by atoms with van der Waals surface area (Å²) in [5.41, 5.74) is 4.32. The molecule has 36 heavy (non-hydrogen) atoms. The molecule has 0 amide bonds. The number of aromatic carboxylic acids is 1. The molecule has 2 aromatic rings. The third-order valence-corrected chi connectivity index (χ3v) is 6.70. The monoisotopic (exact) mass is 499 g/mol. The van der Waals surface area contributed by atoms with Crippen molar-refractivity contribution in [1.29, 1.82) is 0 Å². The predicted octanol–water partition coefficient (Wildman–Crippen LogP) is 4.96. The maximum Gasteiger partial charge on any atom is 0.203 e. The van der Waals surface area contributed by atoms with Crippen molar-refractivity contribution >= 4 is 45.7 Å². The number of fused-ring (bicyclic) bond motifs is 2. The molecule has 1 heterocycles. The molecule has 6 nitrogen and oxygen atoms in total. The topological polar surface area (TPSA) is 71.9 Å². The summed E-state index contributed by atoms with van der Waals surface area (Å²) in [4.78, 5) is 18.4. The van der Waals surface area contributed by atoms with Crippen LogP contribution in [-0.2, 0) is 0 Å². The van der Waals surface area contributed by atoms with Gasteiger partial charge in [-0.3, -0.25) is 0 Å². The maximum absolute atomic E-state index is 12.2. The highest BCUT2D eigenvalue weighted by Crippen LogP contribution is 2.42. The molecule has 0 atom stereocenters. The van der Waals surface area contributed by atoms with Gasteiger partial charge in [-0.2, -0.15) is 4.99 Å². The number of benzene rings is 3. The lowest BCUT2D eigenvalue weighted by Crippen LogP contribution is -2.29. The summed E-state index contributed by atoms with van der Waals surface area (Å²) in [6.07, 6.45) is 0. The first-order chi connectivity index (χ1) is 17.4. The molecule has 7 heteroatoms. The largest absolute Gasteiger partial charge is 0.545 e. The molecule has 0 aromatic heterocycles. The average Bonchev–Trinajstić information content (AvgIpc) is 2.89. The molecule has 0 unspecified atom stereocenters. The molecule has 0 saturated heterocycles. The van der Waals surface area contributed by atoms with Crippen LogP contribution >= 0.6 is 12.2 Å². The highest BCUT2D eigenvalue weighted by atomic mass is 32.1. The van der Waals surface area contributed by atoms with Gasteiger partial charge in [-0.05, 0) is 75.8 Å². The Bertz CT molecular complexity index is 1520. The van der Waals surface area contributed by atoms with Crippen LogP contribution in [-0.4, -0.2) is 37.3 Å². The van der Waals surface area contributed by atoms with Crippen LogP contribution in [0.1, 0.15) is 38.1 Å². The zero-order valence-electron chi connectivity index (χ0n) is 21.0. The van der Waals surface area contributed by atoms with Crippen LogP contribution in [0.5, 0.6) is 0 Å². The van der Waals surface area contributed by atoms with Crippen LogP contribution in [0, 0.1) is 0 Å². The van der Waals surface area contributed by atoms with Crippen molar-refractivity contribution in [3.63, 3.8) is 0 Å². The first-order valence-corrected chi connectivity index (χ1v) is 12.6. The number of aliphatic imine (C=N–C) groups is 1. The van der Waals surface area contributed by atoms with Gasteiger partial charge >= 0.3 is 0 Å². The van der Waals surface area contributed by atoms with E-state index in [1.54, 1.807) is 12.1 Å². The summed E-state index contributed by atoms with van der Waals surface area (Å²) in [6, 6.07) is 17.1. The zero-order chi connectivity index (χ0) is 25.8. The molecule has 0 radical (unpaired) electrons. The second-order valence-corrected chi connectivity index (χ2v) is 8.59. The standard InChI is InChI=1S/C29H29N3O3S/c1-5-31(6-2)20-10-13-23-26(16-20)35-27-17-21(32(7-3)8-4)11-14-24(27)28(23)22-12-9-19(30-18-36)15-25(22)29(33)34/h9-17H,5-8H2,1-4H3. The molecule has 0 spiro atoms. The molecule has 184 valence electrons. The summed E-state index contributed by atoms with van der Waals surface area (Å²) in [6.45, 7) is 11.9. The van der Waals surface area contributed by atoms with E-state index in [1.165, 1.54) is 6.07 Å². The van der Waals surface area contributed by atoms with Gasteiger partial charge < -0.3 is 19.2 Å². The minimum absolute atomic E-state index is 0.0379. The fourth-order valence-corrected chi connectivity index (χ4v) is 4.88. The number of rotatable bonds is 8. The second kappa shape index (κ2) is 10.9. The molecule has 1 aliphatic carbocycles. The highest BCUT2D eigenvalue weighted by Gasteiger charge is 2.21. The summed E-state index contributed by atoms with van der Waals surface area (Å²) < 4.78 is 8.72. The van der Waals surface area contributed by atoms with Gasteiger partial charge in [-0.15, -0.1) is 0 Å². The summed E-state index contributed by atoms with van der Waals surface area (Å²) >= 11 is 4.70. The SMILES string of the molecule is CCN(CC)c1ccc2c(-c3ccc(N=C=S)cc3C(=O)[O-])c3ccc(=[N+](CC)CC)cc-3oc2c1. The number of hydrogen-bond donors (Lipinski definition) is 0. The van der Waals surface area contributed by atoms with E-state index < -0.39 is 5.97 Å². The van der Waals surface area contributed by atoms with Crippen LogP contribution < -0.4 is 19.9 Å². The van der Waals surface area contributed by atoms with Crippen LogP contribution in [0.25, 0.3) is 33.4 Å². The van der Waals surface area contributed by atoms with E-state index in [9.17, 15) is 9.90 Å². The fourth-order valence-electron chi connectivity index (χ4n) is 4.77. The van der Waals surface area contributed by atoms with E-state index in [4.69, 9.17) is 16.6 Å². The molecule has 0 bridgehead atoms. The van der Waals surface area contributed by atoms with Gasteiger partial charge in [0.15, 0.2) is 0 Å². The Morgan fingerprint density at radius 3 is 2.36 bits per heavy atom. The van der Waals surface area contributed by atoms with E-state index in [0.717, 1.165) is 53.7 Å². The van der Waals surface area contributed by atoms with Crippen molar-refractivity contribution in [2.75, 3.05) is 31.1 Å². The quantitative estimate of drug-likeness (QED) is 0.148. The number of carboxylic acid groups (broad SMARTS) is 1. The summed E-state index contributed by atoms with van der Waals surface area (Å²) in [5.74, 6) is -0.600. The summed E-state index contributed by atoms with van der Waals surface area (Å²) in [5, 5.41) is 16.4. The zero-order valence-corrected chi connectivity index (χ0v) is 21.8. The fraction of sp³-hybridized carbons (Fsp3) is 0.276. The van der Waals surface area contributed by atoms with E-state index in [1.807, 2.05) is 36.4 Å². The van der Waals surface area contributed by atoms with Crippen molar-refractivity contribution in [2.45, 2.75) is 27.7 Å². The van der Waals surface area contributed by atoms with Gasteiger partial charge in [0.1, 0.15) is 24.4 Å². The molecular formula is C29H29N3O3S. The Morgan fingerprint density at radius 1 is 1.00 bits per heavy atom. The van der Waals surface area contributed by atoms with Gasteiger partial charge in [0.05, 0.1) is 22.9 Å². The number of carbonyl (C=O) groups is 1. The molecule has 4 rings (SSSR count). The Balaban J connectivity index is 2.14. The highest BCUT2D eigenvalue weighted by molar-refractivity contribution is 7.78. The van der Waals surface area contributed by atoms with Gasteiger partial charge in [0.25, 0.3) is 0 Å². The smallest absolute Gasteiger partial charge is 0.203 e. The number of anilines is 1. The molecule has 0 saturated carbocycles. The average molecular weight is 500 g/mol. The maximum atomic E-state index is 12.2. The van der Waals surface area contributed by atoms with Crippen molar-refractivity contribution in [1.82, 2.24) is 4.58 Å². The van der Waals surface area contributed by atoms with Crippen LogP contribution in [0.3, 0.4) is 0 Å². The van der Waals surface area contributed by atoms with Crippen LogP contribution in [0.4, 0.5) is 11.4 Å². The van der Waals surface area contributed by atoms with Gasteiger partial charge in [-0.25, -0.2) is 4.58 Å². The van der Waals surface area contributed by atoms with Crippen molar-refractivity contribution in [3.05, 3.63) is 65.5 Å². The molecule has 2 aliphatic rings. The van der Waals surface area contributed by atoms with Gasteiger partial charge in [-0.1, -0.05) is 6.07 Å². The van der Waals surface area contributed by atoms with Crippen molar-refractivity contribution in [3.8, 4) is 22.5 Å². The number of carbonyl (C=O) groups excluding carboxylic acids is 1. The number of isothiocyanates is 1. The first kappa shape index (κ1) is 25.3. The van der Waals surface area contributed by atoms with E-state index in [-0.39, 0.29) is 5.56 Å². The minimum Gasteiger partial charge on any atom is -0.545 e. The lowest BCUT2D eigenvalue weighted by Gasteiger charge is -2.23. The van der Waals surface area contributed by atoms with Gasteiger partial charge in [0.2, 0.25) is 5.36 Å². The molecular weight excluding hydrogens is 470 g/mol. The van der Waals surface area contributed by atoms with Crippen molar-refractivity contribution < 1.29 is 14.3 Å². The van der Waals surface area contributed by atoms with Crippen LogP contribution in [0.2, 0.25) is 0 Å². The Labute approximate surface area is 216 Å². The number of nitrogens with zero attached hydrogens (tertiary/aromatic N) is 3. The molecule has 0 fully saturated rings. The third kappa shape index (κ3) is 4.68. The van der Waals surface area contributed by atoms with E-state index in [0.29, 0.717) is 22.6 Å². The minimum atomic E-state index is -1.28. The lowest BCUT2D eigenvalue weighted by molar-refractivity contribution is -0.254. The number of hydrogen-bond acceptors (Lipinski definition) is 6. The lowest BCUT2D eigenvalue weighted by atomic mass is 9.90. The third-order valence-electron chi connectivity index (χ3n) is 6.61. The Kier molecular flexibility index (Phi) is 7.63. The van der Waals surface area contributed by atoms with Crippen LogP contribution in [0.15, 0.2) is 64.0 Å². The van der Waals surface area contributed by atoms with Gasteiger partial charge in [0, 0.05) is 53.0 Å². The summed E-state index contributed by atoms with van der Waals surface area (Å²) in [7, 11) is 0. The Hall–Kier alpha value is -3.80. The van der Waals surface area contributed by atoms with E-state index >= 15 is 0 Å². The van der Waals surface area contributed by atoms with E-state index in [2.05, 4.69) is 47.3 Å². The first-order valence-electron chi connectivity index (χ1n) is 12.2. The van der Waals surface area contributed by atoms with Crippen molar-refractivity contribution in [2.24, 2.45) is 4.99 Å².